The first-order valence-electron chi connectivity index (χ1n) is 5.82. The minimum atomic E-state index is -2.81. The van der Waals surface area contributed by atoms with Crippen molar-refractivity contribution in [2.24, 2.45) is 5.92 Å². The standard InChI is InChI=1S/C11H18N2O3S/c1-8(12-2)10-6-16-11(13-10)5-9-3-4-17(14,15)7-9/h6,8-9,12H,3-5,7H2,1-2H3. The Morgan fingerprint density at radius 3 is 3.00 bits per heavy atom. The van der Waals surface area contributed by atoms with Crippen LogP contribution in [0.25, 0.3) is 0 Å². The Labute approximate surface area is 102 Å². The molecule has 0 aliphatic carbocycles. The molecule has 1 aromatic rings. The van der Waals surface area contributed by atoms with Gasteiger partial charge < -0.3 is 9.73 Å². The summed E-state index contributed by atoms with van der Waals surface area (Å²) in [5.41, 5.74) is 0.864. The Bertz CT molecular complexity index is 481. The van der Waals surface area contributed by atoms with Gasteiger partial charge in [-0.1, -0.05) is 0 Å². The molecule has 96 valence electrons. The second-order valence-corrected chi connectivity index (χ2v) is 6.88. The number of rotatable bonds is 4. The molecule has 2 atom stereocenters. The lowest BCUT2D eigenvalue weighted by atomic mass is 10.1. The molecule has 2 rings (SSSR count). The van der Waals surface area contributed by atoms with Crippen LogP contribution in [0.15, 0.2) is 10.7 Å². The Morgan fingerprint density at radius 1 is 1.65 bits per heavy atom. The molecule has 2 heterocycles. The smallest absolute Gasteiger partial charge is 0.194 e. The van der Waals surface area contributed by atoms with Crippen molar-refractivity contribution in [3.63, 3.8) is 0 Å². The van der Waals surface area contributed by atoms with Crippen molar-refractivity contribution < 1.29 is 12.8 Å². The molecule has 5 nitrogen and oxygen atoms in total. The van der Waals surface area contributed by atoms with Gasteiger partial charge in [-0.2, -0.15) is 0 Å². The maximum absolute atomic E-state index is 11.3. The SMILES string of the molecule is CNC(C)c1coc(CC2CCS(=O)(=O)C2)n1. The molecular formula is C11H18N2O3S. The van der Waals surface area contributed by atoms with Gasteiger partial charge in [-0.3, -0.25) is 0 Å². The van der Waals surface area contributed by atoms with E-state index in [-0.39, 0.29) is 17.7 Å². The number of sulfone groups is 1. The molecule has 6 heteroatoms. The van der Waals surface area contributed by atoms with Crippen LogP contribution in [0.3, 0.4) is 0 Å². The van der Waals surface area contributed by atoms with Gasteiger partial charge in [-0.15, -0.1) is 0 Å². The fraction of sp³-hybridized carbons (Fsp3) is 0.727. The molecule has 0 bridgehead atoms. The molecule has 1 aromatic heterocycles. The van der Waals surface area contributed by atoms with E-state index in [1.54, 1.807) is 6.26 Å². The Balaban J connectivity index is 1.98. The summed E-state index contributed by atoms with van der Waals surface area (Å²) in [6.45, 7) is 2.00. The van der Waals surface area contributed by atoms with Crippen molar-refractivity contribution >= 4 is 9.84 Å². The molecule has 1 aliphatic heterocycles. The highest BCUT2D eigenvalue weighted by Gasteiger charge is 2.29. The van der Waals surface area contributed by atoms with Crippen molar-refractivity contribution in [3.05, 3.63) is 17.8 Å². The van der Waals surface area contributed by atoms with E-state index in [2.05, 4.69) is 10.3 Å². The number of oxazole rings is 1. The van der Waals surface area contributed by atoms with Crippen molar-refractivity contribution in [3.8, 4) is 0 Å². The van der Waals surface area contributed by atoms with E-state index in [0.717, 1.165) is 12.1 Å². The first kappa shape index (κ1) is 12.6. The van der Waals surface area contributed by atoms with Crippen LogP contribution in [0.2, 0.25) is 0 Å². The lowest BCUT2D eigenvalue weighted by Crippen LogP contribution is -2.13. The van der Waals surface area contributed by atoms with Crippen LogP contribution < -0.4 is 5.32 Å². The van der Waals surface area contributed by atoms with Gasteiger partial charge in [-0.25, -0.2) is 13.4 Å². The minimum Gasteiger partial charge on any atom is -0.449 e. The van der Waals surface area contributed by atoms with E-state index in [0.29, 0.717) is 18.1 Å². The van der Waals surface area contributed by atoms with E-state index < -0.39 is 9.84 Å². The zero-order valence-corrected chi connectivity index (χ0v) is 11.0. The third-order valence-corrected chi connectivity index (χ3v) is 5.07. The number of nitrogens with zero attached hydrogens (tertiary/aromatic N) is 1. The lowest BCUT2D eigenvalue weighted by molar-refractivity contribution is 0.446. The second kappa shape index (κ2) is 4.78. The summed E-state index contributed by atoms with van der Waals surface area (Å²) in [4.78, 5) is 4.37. The van der Waals surface area contributed by atoms with Gasteiger partial charge in [0.2, 0.25) is 0 Å². The molecule has 1 N–H and O–H groups in total. The molecule has 0 saturated carbocycles. The van der Waals surface area contributed by atoms with Crippen LogP contribution in [0.1, 0.15) is 31.0 Å². The topological polar surface area (TPSA) is 72.2 Å². The van der Waals surface area contributed by atoms with Crippen molar-refractivity contribution in [2.45, 2.75) is 25.8 Å². The fourth-order valence-electron chi connectivity index (χ4n) is 2.05. The summed E-state index contributed by atoms with van der Waals surface area (Å²) in [5, 5.41) is 3.08. The summed E-state index contributed by atoms with van der Waals surface area (Å²) in [5.74, 6) is 1.38. The van der Waals surface area contributed by atoms with Gasteiger partial charge in [0, 0.05) is 12.5 Å². The third-order valence-electron chi connectivity index (χ3n) is 3.24. The van der Waals surface area contributed by atoms with Crippen molar-refractivity contribution in [1.29, 1.82) is 0 Å². The maximum Gasteiger partial charge on any atom is 0.194 e. The Kier molecular flexibility index (Phi) is 3.53. The summed E-state index contributed by atoms with van der Waals surface area (Å²) >= 11 is 0. The normalized spacial score (nSPS) is 24.9. The van der Waals surface area contributed by atoms with E-state index >= 15 is 0 Å². The predicted molar refractivity (Wildman–Crippen MR) is 64.4 cm³/mol. The third kappa shape index (κ3) is 3.07. The van der Waals surface area contributed by atoms with Gasteiger partial charge in [0.15, 0.2) is 15.7 Å². The van der Waals surface area contributed by atoms with Crippen molar-refractivity contribution in [2.75, 3.05) is 18.6 Å². The van der Waals surface area contributed by atoms with Crippen LogP contribution >= 0.6 is 0 Å². The molecule has 17 heavy (non-hydrogen) atoms. The van der Waals surface area contributed by atoms with Gasteiger partial charge in [-0.05, 0) is 26.3 Å². The number of hydrogen-bond donors (Lipinski definition) is 1. The lowest BCUT2D eigenvalue weighted by Gasteiger charge is -2.04. The van der Waals surface area contributed by atoms with E-state index in [1.807, 2.05) is 14.0 Å². The average Bonchev–Trinajstić information content (AvgIpc) is 2.85. The first-order chi connectivity index (χ1) is 8.00. The second-order valence-electron chi connectivity index (χ2n) is 4.65. The summed E-state index contributed by atoms with van der Waals surface area (Å²) in [6, 6.07) is 0.153. The molecule has 1 aliphatic rings. The Hall–Kier alpha value is -0.880. The number of nitrogens with one attached hydrogen (secondary N) is 1. The van der Waals surface area contributed by atoms with Crippen LogP contribution in [0.4, 0.5) is 0 Å². The minimum absolute atomic E-state index is 0.153. The van der Waals surface area contributed by atoms with Crippen LogP contribution in [-0.2, 0) is 16.3 Å². The predicted octanol–water partition coefficient (Wildman–Crippen LogP) is 0.932. The van der Waals surface area contributed by atoms with E-state index in [4.69, 9.17) is 4.42 Å². The number of hydrogen-bond acceptors (Lipinski definition) is 5. The quantitative estimate of drug-likeness (QED) is 0.870. The molecule has 0 aromatic carbocycles. The molecule has 2 unspecified atom stereocenters. The zero-order chi connectivity index (χ0) is 12.5. The van der Waals surface area contributed by atoms with Gasteiger partial charge in [0.05, 0.1) is 17.2 Å². The summed E-state index contributed by atoms with van der Waals surface area (Å²) in [6.07, 6.45) is 2.98. The molecule has 0 amide bonds. The highest BCUT2D eigenvalue weighted by Crippen LogP contribution is 2.23. The van der Waals surface area contributed by atoms with Gasteiger partial charge >= 0.3 is 0 Å². The monoisotopic (exact) mass is 258 g/mol. The van der Waals surface area contributed by atoms with Crippen LogP contribution in [0, 0.1) is 5.92 Å². The highest BCUT2D eigenvalue weighted by molar-refractivity contribution is 7.91. The molecule has 1 fully saturated rings. The van der Waals surface area contributed by atoms with Gasteiger partial charge in [0.1, 0.15) is 6.26 Å². The zero-order valence-electron chi connectivity index (χ0n) is 10.1. The molecular weight excluding hydrogens is 240 g/mol. The molecule has 1 saturated heterocycles. The fourth-order valence-corrected chi connectivity index (χ4v) is 3.91. The van der Waals surface area contributed by atoms with E-state index in [1.165, 1.54) is 0 Å². The largest absolute Gasteiger partial charge is 0.449 e. The molecule has 0 radical (unpaired) electrons. The number of aromatic nitrogens is 1. The van der Waals surface area contributed by atoms with Crippen LogP contribution in [0.5, 0.6) is 0 Å². The molecule has 0 spiro atoms. The average molecular weight is 258 g/mol. The Morgan fingerprint density at radius 2 is 2.41 bits per heavy atom. The highest BCUT2D eigenvalue weighted by atomic mass is 32.2. The van der Waals surface area contributed by atoms with Crippen LogP contribution in [-0.4, -0.2) is 32.0 Å². The van der Waals surface area contributed by atoms with E-state index in [9.17, 15) is 8.42 Å². The summed E-state index contributed by atoms with van der Waals surface area (Å²) in [7, 11) is -0.948. The van der Waals surface area contributed by atoms with Gasteiger partial charge in [0.25, 0.3) is 0 Å². The van der Waals surface area contributed by atoms with Crippen molar-refractivity contribution in [1.82, 2.24) is 10.3 Å². The maximum atomic E-state index is 11.3. The summed E-state index contributed by atoms with van der Waals surface area (Å²) < 4.78 is 28.0. The first-order valence-corrected chi connectivity index (χ1v) is 7.64.